The highest BCUT2D eigenvalue weighted by molar-refractivity contribution is 7.78. The van der Waals surface area contributed by atoms with Crippen molar-refractivity contribution < 1.29 is 4.52 Å². The van der Waals surface area contributed by atoms with Crippen molar-refractivity contribution in [1.82, 2.24) is 4.67 Å². The van der Waals surface area contributed by atoms with E-state index in [1.165, 1.54) is 5.56 Å². The number of halogens is 1. The van der Waals surface area contributed by atoms with Crippen molar-refractivity contribution in [1.29, 1.82) is 0 Å². The number of hydrogen-bond donors (Lipinski definition) is 0. The molecule has 0 saturated carbocycles. The third-order valence-electron chi connectivity index (χ3n) is 2.60. The molecule has 1 heterocycles. The van der Waals surface area contributed by atoms with Crippen molar-refractivity contribution in [3.8, 4) is 0 Å². The molecule has 1 aliphatic heterocycles. The molecule has 76 valence electrons. The van der Waals surface area contributed by atoms with Crippen LogP contribution in [0.5, 0.6) is 0 Å². The minimum absolute atomic E-state index is 0.116. The summed E-state index contributed by atoms with van der Waals surface area (Å²) in [6.07, 6.45) is 0.116. The largest absolute Gasteiger partial charge is 0.322 e. The van der Waals surface area contributed by atoms with Crippen LogP contribution in [0.1, 0.15) is 18.6 Å². The molecule has 0 spiro atoms. The van der Waals surface area contributed by atoms with E-state index >= 15 is 0 Å². The second kappa shape index (κ2) is 4.16. The average Bonchev–Trinajstić information content (AvgIpc) is 2.47. The number of nitrogens with zero attached hydrogens (tertiary/aromatic N) is 1. The third kappa shape index (κ3) is 1.80. The van der Waals surface area contributed by atoms with Crippen molar-refractivity contribution in [3.05, 3.63) is 35.9 Å². The van der Waals surface area contributed by atoms with Crippen molar-refractivity contribution in [3.63, 3.8) is 0 Å². The van der Waals surface area contributed by atoms with Crippen LogP contribution in [0.2, 0.25) is 0 Å². The van der Waals surface area contributed by atoms with Crippen molar-refractivity contribution in [2.24, 2.45) is 0 Å². The molecule has 1 fully saturated rings. The fourth-order valence-corrected chi connectivity index (χ4v) is 3.29. The highest BCUT2D eigenvalue weighted by Gasteiger charge is 2.37. The molecule has 3 atom stereocenters. The van der Waals surface area contributed by atoms with E-state index in [2.05, 4.69) is 23.7 Å². The van der Waals surface area contributed by atoms with E-state index in [0.717, 1.165) is 0 Å². The molecule has 2 unspecified atom stereocenters. The molecule has 14 heavy (non-hydrogen) atoms. The number of rotatable bonds is 1. The van der Waals surface area contributed by atoms with Crippen LogP contribution in [-0.2, 0) is 4.52 Å². The van der Waals surface area contributed by atoms with Gasteiger partial charge in [-0.25, -0.2) is 4.67 Å². The standard InChI is InChI=1S/C10H13ClNOP/c1-8-10(13-14(11)12(8)2)9-6-4-3-5-7-9/h3-8,10H,1-2H3/t8-,10?,14?/m1/s1. The SMILES string of the molecule is C[C@@H]1C(c2ccccc2)OP(Cl)N1C. The van der Waals surface area contributed by atoms with Gasteiger partial charge in [0.15, 0.2) is 0 Å². The third-order valence-corrected chi connectivity index (χ3v) is 4.82. The lowest BCUT2D eigenvalue weighted by atomic mass is 10.0. The van der Waals surface area contributed by atoms with Gasteiger partial charge in [-0.1, -0.05) is 30.3 Å². The van der Waals surface area contributed by atoms with E-state index < -0.39 is 7.65 Å². The summed E-state index contributed by atoms with van der Waals surface area (Å²) in [7, 11) is 1.08. The topological polar surface area (TPSA) is 12.5 Å². The highest BCUT2D eigenvalue weighted by atomic mass is 35.7. The zero-order valence-corrected chi connectivity index (χ0v) is 9.87. The molecule has 1 aromatic rings. The molecular formula is C10H13ClNOP. The summed E-state index contributed by atoms with van der Waals surface area (Å²) in [5.41, 5.74) is 1.21. The molecule has 4 heteroatoms. The van der Waals surface area contributed by atoms with Gasteiger partial charge in [-0.15, -0.1) is 0 Å². The lowest BCUT2D eigenvalue weighted by Gasteiger charge is -2.17. The number of benzene rings is 1. The smallest absolute Gasteiger partial charge is 0.207 e. The Labute approximate surface area is 90.5 Å². The first-order valence-corrected chi connectivity index (χ1v) is 6.72. The molecule has 1 aromatic carbocycles. The van der Waals surface area contributed by atoms with Crippen molar-refractivity contribution in [2.45, 2.75) is 19.1 Å². The molecule has 2 nitrogen and oxygen atoms in total. The fourth-order valence-electron chi connectivity index (χ4n) is 1.58. The Hall–Kier alpha value is -0.140. The van der Waals surface area contributed by atoms with Gasteiger partial charge >= 0.3 is 0 Å². The summed E-state index contributed by atoms with van der Waals surface area (Å²) in [5.74, 6) is 0. The zero-order chi connectivity index (χ0) is 10.1. The first kappa shape index (κ1) is 10.4. The maximum absolute atomic E-state index is 6.07. The van der Waals surface area contributed by atoms with Gasteiger partial charge in [0.05, 0.1) is 0 Å². The molecule has 0 amide bonds. The van der Waals surface area contributed by atoms with Crippen LogP contribution in [0.15, 0.2) is 30.3 Å². The maximum Gasteiger partial charge on any atom is 0.207 e. The molecule has 0 bridgehead atoms. The van der Waals surface area contributed by atoms with Gasteiger partial charge in [0, 0.05) is 6.04 Å². The molecular weight excluding hydrogens is 217 g/mol. The first-order valence-electron chi connectivity index (χ1n) is 4.60. The monoisotopic (exact) mass is 229 g/mol. The minimum Gasteiger partial charge on any atom is -0.322 e. The Balaban J connectivity index is 2.21. The predicted octanol–water partition coefficient (Wildman–Crippen LogP) is 3.54. The fraction of sp³-hybridized carbons (Fsp3) is 0.400. The number of likely N-dealkylation sites (N-methyl/N-ethyl adjacent to an activating group) is 1. The molecule has 0 N–H and O–H groups in total. The summed E-state index contributed by atoms with van der Waals surface area (Å²) >= 11 is 6.07. The minimum atomic E-state index is -0.923. The van der Waals surface area contributed by atoms with Crippen LogP contribution in [0.25, 0.3) is 0 Å². The predicted molar refractivity (Wildman–Crippen MR) is 60.3 cm³/mol. The zero-order valence-electron chi connectivity index (χ0n) is 8.22. The van der Waals surface area contributed by atoms with Gasteiger partial charge in [-0.3, -0.25) is 0 Å². The quantitative estimate of drug-likeness (QED) is 0.683. The van der Waals surface area contributed by atoms with Crippen LogP contribution in [0.4, 0.5) is 0 Å². The van der Waals surface area contributed by atoms with Crippen LogP contribution in [0, 0.1) is 0 Å². The Morgan fingerprint density at radius 1 is 1.36 bits per heavy atom. The van der Waals surface area contributed by atoms with E-state index in [9.17, 15) is 0 Å². The molecule has 0 radical (unpaired) electrons. The molecule has 0 aliphatic carbocycles. The first-order chi connectivity index (χ1) is 6.70. The summed E-state index contributed by atoms with van der Waals surface area (Å²) in [5, 5.41) is 0. The van der Waals surface area contributed by atoms with Crippen molar-refractivity contribution in [2.75, 3.05) is 7.05 Å². The Morgan fingerprint density at radius 2 is 2.00 bits per heavy atom. The molecule has 0 aromatic heterocycles. The van der Waals surface area contributed by atoms with Crippen LogP contribution in [0.3, 0.4) is 0 Å². The van der Waals surface area contributed by atoms with Gasteiger partial charge in [-0.2, -0.15) is 0 Å². The highest BCUT2D eigenvalue weighted by Crippen LogP contribution is 2.58. The molecule has 1 aliphatic rings. The number of hydrogen-bond acceptors (Lipinski definition) is 2. The Morgan fingerprint density at radius 3 is 2.50 bits per heavy atom. The van der Waals surface area contributed by atoms with Gasteiger partial charge in [-0.05, 0) is 30.8 Å². The Kier molecular flexibility index (Phi) is 3.08. The summed E-state index contributed by atoms with van der Waals surface area (Å²) < 4.78 is 7.82. The lowest BCUT2D eigenvalue weighted by Crippen LogP contribution is -2.21. The lowest BCUT2D eigenvalue weighted by molar-refractivity contribution is 0.219. The normalized spacial score (nSPS) is 33.5. The van der Waals surface area contributed by atoms with E-state index in [4.69, 9.17) is 15.8 Å². The van der Waals surface area contributed by atoms with Crippen LogP contribution < -0.4 is 0 Å². The van der Waals surface area contributed by atoms with Crippen LogP contribution in [-0.4, -0.2) is 17.8 Å². The van der Waals surface area contributed by atoms with Gasteiger partial charge < -0.3 is 4.52 Å². The second-order valence-electron chi connectivity index (χ2n) is 3.48. The van der Waals surface area contributed by atoms with Gasteiger partial charge in [0.25, 0.3) is 0 Å². The van der Waals surface area contributed by atoms with E-state index in [1.54, 1.807) is 0 Å². The molecule has 2 rings (SSSR count). The molecule has 1 saturated heterocycles. The van der Waals surface area contributed by atoms with Crippen molar-refractivity contribution >= 4 is 18.9 Å². The van der Waals surface area contributed by atoms with Gasteiger partial charge in [0.1, 0.15) is 6.10 Å². The maximum atomic E-state index is 6.07. The van der Waals surface area contributed by atoms with Crippen LogP contribution >= 0.6 is 18.9 Å². The second-order valence-corrected chi connectivity index (χ2v) is 5.64. The summed E-state index contributed by atoms with van der Waals surface area (Å²) in [4.78, 5) is 0. The van der Waals surface area contributed by atoms with E-state index in [-0.39, 0.29) is 6.10 Å². The van der Waals surface area contributed by atoms with E-state index in [1.807, 2.05) is 25.2 Å². The Bertz CT molecular complexity index is 308. The van der Waals surface area contributed by atoms with E-state index in [0.29, 0.717) is 6.04 Å². The summed E-state index contributed by atoms with van der Waals surface area (Å²) in [6.45, 7) is 2.14. The summed E-state index contributed by atoms with van der Waals surface area (Å²) in [6, 6.07) is 10.6. The van der Waals surface area contributed by atoms with Gasteiger partial charge in [0.2, 0.25) is 7.65 Å². The average molecular weight is 230 g/mol.